The maximum absolute atomic E-state index is 13.0. The van der Waals surface area contributed by atoms with E-state index in [2.05, 4.69) is 19.7 Å². The number of aryl methyl sites for hydroxylation is 2. The average Bonchev–Trinajstić information content (AvgIpc) is 3.55. The second-order valence-corrected chi connectivity index (χ2v) is 11.0. The number of sulfonamides is 1. The molecule has 0 aliphatic heterocycles. The zero-order chi connectivity index (χ0) is 34.6. The Morgan fingerprint density at radius 1 is 0.978 bits per heavy atom. The third-order valence-electron chi connectivity index (χ3n) is 5.68. The minimum absolute atomic E-state index is 0.0103. The van der Waals surface area contributed by atoms with E-state index in [0.29, 0.717) is 24.5 Å². The molecule has 250 valence electrons. The normalized spacial score (nSPS) is 12.3. The van der Waals surface area contributed by atoms with Crippen molar-refractivity contribution in [1.29, 1.82) is 0 Å². The largest absolute Gasteiger partial charge is 0.490 e. The smallest absolute Gasteiger partial charge is 0.475 e. The van der Waals surface area contributed by atoms with Crippen molar-refractivity contribution in [1.82, 2.24) is 24.2 Å². The molecular weight excluding hydrogens is 640 g/mol. The van der Waals surface area contributed by atoms with Crippen LogP contribution in [0, 0.1) is 6.92 Å². The lowest BCUT2D eigenvalue weighted by Crippen LogP contribution is -2.29. The summed E-state index contributed by atoms with van der Waals surface area (Å²) < 4.78 is 93.8. The number of carboxylic acid groups (broad SMARTS) is 2. The monoisotopic (exact) mass is 671 g/mol. The van der Waals surface area contributed by atoms with Gasteiger partial charge in [-0.3, -0.25) is 0 Å². The Hall–Kier alpha value is -4.26. The van der Waals surface area contributed by atoms with Gasteiger partial charge in [-0.2, -0.15) is 31.1 Å². The molecule has 0 aliphatic rings. The molecule has 19 heteroatoms. The first-order valence-corrected chi connectivity index (χ1v) is 14.4. The maximum Gasteiger partial charge on any atom is 0.490 e. The van der Waals surface area contributed by atoms with Gasteiger partial charge in [-0.1, -0.05) is 43.2 Å². The van der Waals surface area contributed by atoms with Crippen molar-refractivity contribution in [2.45, 2.75) is 69.4 Å². The molecule has 3 aromatic rings. The molecule has 12 nitrogen and oxygen atoms in total. The Morgan fingerprint density at radius 3 is 1.96 bits per heavy atom. The van der Waals surface area contributed by atoms with Crippen molar-refractivity contribution >= 4 is 27.7 Å². The summed E-state index contributed by atoms with van der Waals surface area (Å²) in [5, 5.41) is 14.2. The van der Waals surface area contributed by atoms with E-state index in [-0.39, 0.29) is 10.8 Å². The predicted molar refractivity (Wildman–Crippen MR) is 146 cm³/mol. The first-order valence-electron chi connectivity index (χ1n) is 12.9. The minimum Gasteiger partial charge on any atom is -0.475 e. The van der Waals surface area contributed by atoms with Crippen molar-refractivity contribution in [3.05, 3.63) is 54.4 Å². The number of benzene rings is 1. The van der Waals surface area contributed by atoms with Gasteiger partial charge < -0.3 is 24.6 Å². The van der Waals surface area contributed by atoms with Crippen LogP contribution in [0.4, 0.5) is 26.3 Å². The number of carbonyl (C=O) groups excluding carboxylic acids is 1. The van der Waals surface area contributed by atoms with Crippen molar-refractivity contribution in [2.24, 2.45) is 7.05 Å². The number of aromatic nitrogens is 4. The predicted octanol–water partition coefficient (Wildman–Crippen LogP) is 4.94. The number of carboxylic acids is 2. The van der Waals surface area contributed by atoms with E-state index in [1.54, 1.807) is 31.7 Å². The fraction of sp³-hybridized carbons (Fsp3) is 0.423. The number of hydrogen-bond acceptors (Lipinski definition) is 7. The van der Waals surface area contributed by atoms with Gasteiger partial charge in [-0.05, 0) is 32.3 Å². The number of hydrogen-bond donors (Lipinski definition) is 4. The molecule has 0 aliphatic carbocycles. The zero-order valence-electron chi connectivity index (χ0n) is 24.1. The van der Waals surface area contributed by atoms with Crippen LogP contribution in [0.25, 0.3) is 11.3 Å². The van der Waals surface area contributed by atoms with E-state index >= 15 is 0 Å². The molecular formula is C26H31F6N5O7S. The number of ketones is 1. The average molecular weight is 672 g/mol. The molecule has 4 N–H and O–H groups in total. The lowest BCUT2D eigenvalue weighted by atomic mass is 10.1. The molecule has 0 bridgehead atoms. The van der Waals surface area contributed by atoms with Gasteiger partial charge in [-0.15, -0.1) is 0 Å². The second-order valence-electron chi connectivity index (χ2n) is 9.37. The molecule has 0 saturated heterocycles. The molecule has 1 aromatic carbocycles. The summed E-state index contributed by atoms with van der Waals surface area (Å²) in [7, 11) is -2.06. The van der Waals surface area contributed by atoms with Crippen LogP contribution in [0.5, 0.6) is 0 Å². The molecule has 0 fully saturated rings. The Labute approximate surface area is 253 Å². The molecule has 3 rings (SSSR count). The molecule has 1 atom stereocenters. The standard InChI is InChI=1S/C22H29N5O3S.2C2HF3O2/c1-16(28)10-6-4-9-13-19(26-31(29,30)21-15-27(3)17(2)24-21)22-23-14-20(25-22)18-11-7-5-8-12-18;2*3-2(4,5)1(6)7/h5,7-8,11-12,14-15,19,26H,4,6,9-10,13H2,1-3H3,(H,23,25);2*(H,6,7)/t19-;;/m0../s1. The first kappa shape index (κ1) is 38.8. The summed E-state index contributed by atoms with van der Waals surface area (Å²) in [5.41, 5.74) is 1.80. The zero-order valence-corrected chi connectivity index (χ0v) is 24.9. The van der Waals surface area contributed by atoms with Crippen molar-refractivity contribution in [3.8, 4) is 11.3 Å². The number of nitrogens with one attached hydrogen (secondary N) is 2. The molecule has 2 heterocycles. The van der Waals surface area contributed by atoms with Crippen molar-refractivity contribution < 1.29 is 59.4 Å². The molecule has 45 heavy (non-hydrogen) atoms. The van der Waals surface area contributed by atoms with Gasteiger partial charge in [0, 0.05) is 19.7 Å². The highest BCUT2D eigenvalue weighted by Crippen LogP contribution is 2.24. The van der Waals surface area contributed by atoms with Gasteiger partial charge in [0.15, 0.2) is 5.03 Å². The Balaban J connectivity index is 0.000000601. The highest BCUT2D eigenvalue weighted by Gasteiger charge is 2.38. The Bertz CT molecular complexity index is 1480. The number of aliphatic carboxylic acids is 2. The van der Waals surface area contributed by atoms with Crippen LogP contribution >= 0.6 is 0 Å². The summed E-state index contributed by atoms with van der Waals surface area (Å²) in [6, 6.07) is 9.22. The first-order chi connectivity index (χ1) is 20.6. The van der Waals surface area contributed by atoms with Crippen LogP contribution in [0.2, 0.25) is 0 Å². The lowest BCUT2D eigenvalue weighted by molar-refractivity contribution is -0.193. The minimum atomic E-state index is -5.08. The van der Waals surface area contributed by atoms with E-state index in [0.717, 1.165) is 30.5 Å². The van der Waals surface area contributed by atoms with Gasteiger partial charge in [0.1, 0.15) is 17.4 Å². The topological polar surface area (TPSA) is 184 Å². The summed E-state index contributed by atoms with van der Waals surface area (Å²) in [4.78, 5) is 40.8. The molecule has 0 radical (unpaired) electrons. The van der Waals surface area contributed by atoms with E-state index in [1.807, 2.05) is 30.3 Å². The number of Topliss-reactive ketones (excluding diaryl/α,β-unsaturated/α-hetero) is 1. The summed E-state index contributed by atoms with van der Waals surface area (Å²) >= 11 is 0. The number of alkyl halides is 6. The fourth-order valence-corrected chi connectivity index (χ4v) is 4.61. The number of aromatic amines is 1. The van der Waals surface area contributed by atoms with Crippen LogP contribution in [-0.4, -0.2) is 68.2 Å². The molecule has 0 saturated carbocycles. The molecule has 0 spiro atoms. The van der Waals surface area contributed by atoms with Crippen molar-refractivity contribution in [2.75, 3.05) is 0 Å². The fourth-order valence-electron chi connectivity index (χ4n) is 3.33. The van der Waals surface area contributed by atoms with Gasteiger partial charge >= 0.3 is 24.3 Å². The van der Waals surface area contributed by atoms with Crippen LogP contribution in [-0.2, 0) is 31.5 Å². The van der Waals surface area contributed by atoms with E-state index in [1.165, 1.54) is 6.20 Å². The van der Waals surface area contributed by atoms with Crippen molar-refractivity contribution in [3.63, 3.8) is 0 Å². The summed E-state index contributed by atoms with van der Waals surface area (Å²) in [6.07, 6.45) is -3.45. The SMILES string of the molecule is CC(=O)CCCCC[C@H](NS(=O)(=O)c1cn(C)c(C)n1)c1ncc(-c2ccccc2)[nH]1.O=C(O)C(F)(F)F.O=C(O)C(F)(F)F. The third kappa shape index (κ3) is 13.9. The number of imidazole rings is 2. The Morgan fingerprint density at radius 2 is 1.51 bits per heavy atom. The maximum atomic E-state index is 13.0. The second kappa shape index (κ2) is 16.7. The number of halogens is 6. The van der Waals surface area contributed by atoms with Gasteiger partial charge in [0.25, 0.3) is 10.0 Å². The molecule has 0 unspecified atom stereocenters. The van der Waals surface area contributed by atoms with Crippen LogP contribution < -0.4 is 4.72 Å². The van der Waals surface area contributed by atoms with E-state index in [4.69, 9.17) is 19.8 Å². The number of rotatable bonds is 11. The Kier molecular flexibility index (Phi) is 14.4. The molecule has 0 amide bonds. The number of unbranched alkanes of at least 4 members (excludes halogenated alkanes) is 2. The van der Waals surface area contributed by atoms with Crippen LogP contribution in [0.3, 0.4) is 0 Å². The number of H-pyrrole nitrogens is 1. The number of nitrogens with zero attached hydrogens (tertiary/aromatic N) is 3. The molecule has 2 aromatic heterocycles. The highest BCUT2D eigenvalue weighted by atomic mass is 32.2. The van der Waals surface area contributed by atoms with Gasteiger partial charge in [0.2, 0.25) is 0 Å². The van der Waals surface area contributed by atoms with Crippen LogP contribution in [0.15, 0.2) is 47.8 Å². The lowest BCUT2D eigenvalue weighted by Gasteiger charge is -2.16. The van der Waals surface area contributed by atoms with Gasteiger partial charge in [-0.25, -0.2) is 28.0 Å². The van der Waals surface area contributed by atoms with E-state index in [9.17, 15) is 39.6 Å². The highest BCUT2D eigenvalue weighted by molar-refractivity contribution is 7.89. The summed E-state index contributed by atoms with van der Waals surface area (Å²) in [6.45, 7) is 3.34. The third-order valence-corrected chi connectivity index (χ3v) is 7.02. The quantitative estimate of drug-likeness (QED) is 0.162. The summed E-state index contributed by atoms with van der Waals surface area (Å²) in [5.74, 6) is -4.17. The van der Waals surface area contributed by atoms with E-state index < -0.39 is 40.4 Å². The van der Waals surface area contributed by atoms with Crippen LogP contribution in [0.1, 0.15) is 56.7 Å². The van der Waals surface area contributed by atoms with Gasteiger partial charge in [0.05, 0.1) is 17.9 Å². The number of carbonyl (C=O) groups is 3.